The average Bonchev–Trinajstić information content (AvgIpc) is 3.29. The number of rotatable bonds is 3. The van der Waals surface area contributed by atoms with Gasteiger partial charge in [-0.15, -0.1) is 11.6 Å². The number of piperidine rings is 1. The highest BCUT2D eigenvalue weighted by Crippen LogP contribution is 2.68. The zero-order valence-corrected chi connectivity index (χ0v) is 24.4. The number of nitrogens with zero attached hydrogens (tertiary/aromatic N) is 2. The smallest absolute Gasteiger partial charge is 0.233 e. The van der Waals surface area contributed by atoms with Gasteiger partial charge in [-0.2, -0.15) is 0 Å². The van der Waals surface area contributed by atoms with Crippen LogP contribution in [-0.4, -0.2) is 56.5 Å². The Kier molecular flexibility index (Phi) is 4.70. The first kappa shape index (κ1) is 25.2. The van der Waals surface area contributed by atoms with Crippen molar-refractivity contribution in [2.45, 2.75) is 58.3 Å². The summed E-state index contributed by atoms with van der Waals surface area (Å²) in [5, 5.41) is 11.7. The van der Waals surface area contributed by atoms with Gasteiger partial charge in [-0.25, -0.2) is 0 Å². The number of anilines is 1. The highest BCUT2D eigenvalue weighted by molar-refractivity contribution is 6.19. The van der Waals surface area contributed by atoms with E-state index in [-0.39, 0.29) is 34.7 Å². The number of amides is 2. The van der Waals surface area contributed by atoms with Crippen LogP contribution >= 0.6 is 11.6 Å². The zero-order chi connectivity index (χ0) is 28.8. The Bertz CT molecular complexity index is 1770. The van der Waals surface area contributed by atoms with Gasteiger partial charge in [0.1, 0.15) is 5.75 Å². The maximum atomic E-state index is 14.2. The molecule has 3 N–H and O–H groups in total. The van der Waals surface area contributed by atoms with E-state index in [4.69, 9.17) is 11.6 Å². The van der Waals surface area contributed by atoms with Gasteiger partial charge >= 0.3 is 0 Å². The second kappa shape index (κ2) is 7.65. The van der Waals surface area contributed by atoms with Gasteiger partial charge in [0.2, 0.25) is 17.6 Å². The molecule has 2 aliphatic heterocycles. The number of alkyl halides is 1. The number of allylic oxidation sites excluding steroid dienone is 2. The molecule has 3 aliphatic carbocycles. The molecular formula is C32H33ClN4O4. The number of benzene rings is 1. The van der Waals surface area contributed by atoms with Crippen LogP contribution in [0.4, 0.5) is 5.69 Å². The maximum absolute atomic E-state index is 14.2. The van der Waals surface area contributed by atoms with Crippen molar-refractivity contribution in [3.63, 3.8) is 0 Å². The summed E-state index contributed by atoms with van der Waals surface area (Å²) >= 11 is 6.41. The van der Waals surface area contributed by atoms with Gasteiger partial charge in [-0.3, -0.25) is 14.4 Å². The molecule has 2 saturated carbocycles. The van der Waals surface area contributed by atoms with Gasteiger partial charge in [0.15, 0.2) is 0 Å². The minimum absolute atomic E-state index is 0.00722. The van der Waals surface area contributed by atoms with Crippen LogP contribution in [0.25, 0.3) is 10.9 Å². The Balaban J connectivity index is 1.07. The zero-order valence-electron chi connectivity index (χ0n) is 23.7. The molecule has 3 atom stereocenters. The van der Waals surface area contributed by atoms with Gasteiger partial charge in [0, 0.05) is 76.8 Å². The molecule has 1 saturated heterocycles. The van der Waals surface area contributed by atoms with Crippen LogP contribution in [-0.2, 0) is 15.0 Å². The van der Waals surface area contributed by atoms with Crippen LogP contribution in [0.2, 0.25) is 0 Å². The lowest BCUT2D eigenvalue weighted by atomic mass is 9.53. The Hall–Kier alpha value is -3.52. The highest BCUT2D eigenvalue weighted by Gasteiger charge is 2.70. The summed E-state index contributed by atoms with van der Waals surface area (Å²) in [5.74, 6) is 0.644. The van der Waals surface area contributed by atoms with Crippen molar-refractivity contribution >= 4 is 45.8 Å². The maximum Gasteiger partial charge on any atom is 0.233 e. The molecule has 8 nitrogen and oxygen atoms in total. The molecule has 1 unspecified atom stereocenters. The molecule has 1 spiro atoms. The Morgan fingerprint density at radius 1 is 1.05 bits per heavy atom. The van der Waals surface area contributed by atoms with Gasteiger partial charge in [0.25, 0.3) is 0 Å². The summed E-state index contributed by atoms with van der Waals surface area (Å²) in [6.07, 6.45) is 7.24. The monoisotopic (exact) mass is 572 g/mol. The number of fused-ring (bicyclic) bond motifs is 4. The van der Waals surface area contributed by atoms with Crippen molar-refractivity contribution in [1.29, 1.82) is 0 Å². The number of hydrogen-bond acceptors (Lipinski definition) is 4. The Morgan fingerprint density at radius 2 is 1.73 bits per heavy atom. The van der Waals surface area contributed by atoms with Crippen LogP contribution < -0.4 is 4.90 Å². The summed E-state index contributed by atoms with van der Waals surface area (Å²) in [7, 11) is 0. The van der Waals surface area contributed by atoms with Crippen molar-refractivity contribution in [3.05, 3.63) is 58.2 Å². The molecule has 8 rings (SSSR count). The lowest BCUT2D eigenvalue weighted by Gasteiger charge is -2.53. The van der Waals surface area contributed by atoms with E-state index in [2.05, 4.69) is 9.97 Å². The molecule has 1 aromatic carbocycles. The van der Waals surface area contributed by atoms with E-state index in [0.717, 1.165) is 39.8 Å². The number of hydrogen-bond donors (Lipinski definition) is 3. The lowest BCUT2D eigenvalue weighted by molar-refractivity contribution is -0.159. The van der Waals surface area contributed by atoms with E-state index in [1.165, 1.54) is 0 Å². The number of ketones is 1. The quantitative estimate of drug-likeness (QED) is 0.376. The van der Waals surface area contributed by atoms with E-state index in [0.29, 0.717) is 54.6 Å². The first-order chi connectivity index (χ1) is 19.4. The number of carbonyl (C=O) groups excluding carboxylic acids is 3. The minimum Gasteiger partial charge on any atom is -0.506 e. The summed E-state index contributed by atoms with van der Waals surface area (Å²) in [4.78, 5) is 51.2. The van der Waals surface area contributed by atoms with Crippen LogP contribution in [0.15, 0.2) is 30.2 Å². The Morgan fingerprint density at radius 3 is 2.44 bits per heavy atom. The van der Waals surface area contributed by atoms with Crippen molar-refractivity contribution in [3.8, 4) is 5.75 Å². The number of halogens is 1. The average molecular weight is 573 g/mol. The molecule has 41 heavy (non-hydrogen) atoms. The van der Waals surface area contributed by atoms with Gasteiger partial charge in [-0.05, 0) is 61.3 Å². The van der Waals surface area contributed by atoms with Crippen LogP contribution in [0.5, 0.6) is 5.75 Å². The SMILES string of the molecule is Cc1c[nH]c2c1C13C[C@@H]1CN(C(=O)[C@]1(C)C[C@@](C)(C(=O)N4C[C@@H](CCl)c5c4cc(O)c4[nH]cc(C)c54)C1)C3=CC2=O. The molecule has 3 aromatic rings. The largest absolute Gasteiger partial charge is 0.506 e. The predicted molar refractivity (Wildman–Crippen MR) is 155 cm³/mol. The number of carbonyl (C=O) groups is 3. The number of nitrogens with one attached hydrogen (secondary N) is 2. The second-order valence-electron chi connectivity index (χ2n) is 13.7. The second-order valence-corrected chi connectivity index (χ2v) is 14.0. The van der Waals surface area contributed by atoms with Gasteiger partial charge < -0.3 is 24.9 Å². The molecule has 3 fully saturated rings. The fraction of sp³-hybridized carbons (Fsp3) is 0.469. The van der Waals surface area contributed by atoms with E-state index in [1.54, 1.807) is 17.0 Å². The number of phenolic OH excluding ortho intramolecular Hbond substituents is 1. The number of H-pyrrole nitrogens is 2. The van der Waals surface area contributed by atoms with Crippen molar-refractivity contribution < 1.29 is 19.5 Å². The summed E-state index contributed by atoms with van der Waals surface area (Å²) in [6, 6.07) is 1.67. The van der Waals surface area contributed by atoms with Crippen molar-refractivity contribution in [2.24, 2.45) is 16.7 Å². The first-order valence-electron chi connectivity index (χ1n) is 14.4. The van der Waals surface area contributed by atoms with E-state index in [1.807, 2.05) is 45.0 Å². The summed E-state index contributed by atoms with van der Waals surface area (Å²) in [6.45, 7) is 8.97. The Labute approximate surface area is 242 Å². The van der Waals surface area contributed by atoms with E-state index < -0.39 is 10.8 Å². The van der Waals surface area contributed by atoms with Crippen LogP contribution in [0.1, 0.15) is 71.8 Å². The molecule has 4 heterocycles. The summed E-state index contributed by atoms with van der Waals surface area (Å²) < 4.78 is 0. The summed E-state index contributed by atoms with van der Waals surface area (Å²) in [5.41, 5.74) is 5.36. The molecule has 9 heteroatoms. The fourth-order valence-corrected chi connectivity index (χ4v) is 9.46. The molecule has 212 valence electrons. The van der Waals surface area contributed by atoms with Crippen molar-refractivity contribution in [1.82, 2.24) is 14.9 Å². The first-order valence-corrected chi connectivity index (χ1v) is 15.0. The highest BCUT2D eigenvalue weighted by atomic mass is 35.5. The molecule has 5 aliphatic rings. The normalized spacial score (nSPS) is 32.8. The van der Waals surface area contributed by atoms with E-state index in [9.17, 15) is 19.5 Å². The molecule has 2 amide bonds. The number of phenols is 1. The standard InChI is InChI=1S/C32H33ClN4O4/c1-15-9-34-26-20(38)5-19-24(23(15)26)17(8-33)11-36(19)28(40)30(3)13-31(4,14-30)29(41)37-12-18-7-32(18)22(37)6-21(39)27-25(32)16(2)10-35-27/h5-6,9-10,17-18,34-35,38H,7-8,11-14H2,1-4H3/t17-,18-,30-,31-,32?/m1/s1. The topological polar surface area (TPSA) is 110 Å². The fourth-order valence-electron chi connectivity index (χ4n) is 9.21. The van der Waals surface area contributed by atoms with Gasteiger partial charge in [-0.1, -0.05) is 13.8 Å². The number of aryl methyl sites for hydroxylation is 2. The molecule has 0 radical (unpaired) electrons. The van der Waals surface area contributed by atoms with Crippen LogP contribution in [0.3, 0.4) is 0 Å². The molecular weight excluding hydrogens is 540 g/mol. The van der Waals surface area contributed by atoms with E-state index >= 15 is 0 Å². The number of aromatic hydroxyl groups is 1. The molecule has 0 bridgehead atoms. The third-order valence-electron chi connectivity index (χ3n) is 10.8. The third-order valence-corrected chi connectivity index (χ3v) is 11.2. The van der Waals surface area contributed by atoms with Crippen LogP contribution in [0, 0.1) is 30.6 Å². The third kappa shape index (κ3) is 2.94. The lowest BCUT2D eigenvalue weighted by Crippen LogP contribution is -2.59. The molecule has 2 aromatic heterocycles. The minimum atomic E-state index is -0.720. The predicted octanol–water partition coefficient (Wildman–Crippen LogP) is 5.17. The number of aromatic amines is 2. The van der Waals surface area contributed by atoms with Crippen molar-refractivity contribution in [2.75, 3.05) is 23.9 Å². The van der Waals surface area contributed by atoms with Gasteiger partial charge in [0.05, 0.1) is 16.9 Å². The number of likely N-dealkylation sites (tertiary alicyclic amines) is 1. The number of aromatic nitrogens is 2.